The van der Waals surface area contributed by atoms with Crippen LogP contribution in [-0.4, -0.2) is 48.1 Å². The first-order valence-electron chi connectivity index (χ1n) is 11.8. The van der Waals surface area contributed by atoms with Crippen LogP contribution in [0.25, 0.3) is 0 Å². The molecule has 2 aromatic rings. The molecule has 0 fully saturated rings. The quantitative estimate of drug-likeness (QED) is 0.143. The molecule has 0 atom stereocenters. The van der Waals surface area contributed by atoms with Crippen molar-refractivity contribution >= 4 is 30.4 Å². The fraction of sp³-hybridized carbons (Fsp3) is 0.429. The van der Waals surface area contributed by atoms with E-state index >= 15 is 0 Å². The molecule has 2 rings (SSSR count). The van der Waals surface area contributed by atoms with Crippen molar-refractivity contribution < 1.29 is 28.5 Å². The standard InChI is InChI=1S/C28H38O6Si/c1-28(2,3)35(23-15-9-7-10-16-23,24-17-11-8-12-18-24)19-13-14-22(34-21-31-4)20-25(26(29)32-5)27(30)33-6/h7-12,14-18,25H,13,19-21H2,1-6H3/b22-14+. The summed E-state index contributed by atoms with van der Waals surface area (Å²) in [4.78, 5) is 24.5. The van der Waals surface area contributed by atoms with Gasteiger partial charge in [-0.1, -0.05) is 91.8 Å². The van der Waals surface area contributed by atoms with Crippen LogP contribution in [0.4, 0.5) is 0 Å². The van der Waals surface area contributed by atoms with Crippen LogP contribution in [-0.2, 0) is 28.5 Å². The molecular formula is C28H38O6Si. The number of hydrogen-bond acceptors (Lipinski definition) is 6. The Hall–Kier alpha value is -2.90. The molecule has 7 heteroatoms. The van der Waals surface area contributed by atoms with E-state index in [9.17, 15) is 9.59 Å². The molecule has 0 heterocycles. The van der Waals surface area contributed by atoms with Gasteiger partial charge in [0.1, 0.15) is 8.07 Å². The van der Waals surface area contributed by atoms with Crippen molar-refractivity contribution in [1.29, 1.82) is 0 Å². The van der Waals surface area contributed by atoms with Gasteiger partial charge in [-0.25, -0.2) is 0 Å². The lowest BCUT2D eigenvalue weighted by Crippen LogP contribution is -2.64. The minimum Gasteiger partial charge on any atom is -0.472 e. The summed E-state index contributed by atoms with van der Waals surface area (Å²) in [6, 6.07) is 22.4. The van der Waals surface area contributed by atoms with E-state index < -0.39 is 25.9 Å². The van der Waals surface area contributed by atoms with E-state index in [0.717, 1.165) is 6.04 Å². The van der Waals surface area contributed by atoms with Crippen LogP contribution < -0.4 is 10.4 Å². The molecule has 0 saturated heterocycles. The van der Waals surface area contributed by atoms with Crippen molar-refractivity contribution in [3.63, 3.8) is 0 Å². The highest BCUT2D eigenvalue weighted by Gasteiger charge is 2.46. The monoisotopic (exact) mass is 498 g/mol. The molecule has 0 saturated carbocycles. The molecule has 0 N–H and O–H groups in total. The Bertz CT molecular complexity index is 910. The number of hydrogen-bond donors (Lipinski definition) is 0. The fourth-order valence-corrected chi connectivity index (χ4v) is 10.2. The average molecular weight is 499 g/mol. The van der Waals surface area contributed by atoms with Crippen molar-refractivity contribution in [3.05, 3.63) is 72.5 Å². The molecule has 0 aliphatic rings. The second kappa shape index (κ2) is 13.3. The van der Waals surface area contributed by atoms with Crippen molar-refractivity contribution in [1.82, 2.24) is 0 Å². The third-order valence-electron chi connectivity index (χ3n) is 6.44. The molecule has 0 aromatic heterocycles. The summed E-state index contributed by atoms with van der Waals surface area (Å²) >= 11 is 0. The van der Waals surface area contributed by atoms with Gasteiger partial charge in [-0.3, -0.25) is 9.59 Å². The number of methoxy groups -OCH3 is 3. The summed E-state index contributed by atoms with van der Waals surface area (Å²) in [6.07, 6.45) is 2.72. The molecule has 2 aromatic carbocycles. The van der Waals surface area contributed by atoms with E-state index in [2.05, 4.69) is 69.3 Å². The number of benzene rings is 2. The molecule has 190 valence electrons. The molecule has 0 unspecified atom stereocenters. The third-order valence-corrected chi connectivity index (χ3v) is 12.7. The highest BCUT2D eigenvalue weighted by Crippen LogP contribution is 2.39. The van der Waals surface area contributed by atoms with Gasteiger partial charge in [0.25, 0.3) is 0 Å². The second-order valence-electron chi connectivity index (χ2n) is 9.45. The lowest BCUT2D eigenvalue weighted by atomic mass is 10.0. The SMILES string of the molecule is COCO/C(=C/CC[Si](c1ccccc1)(c1ccccc1)C(C)(C)C)CC(C(=O)OC)C(=O)OC. The molecule has 6 nitrogen and oxygen atoms in total. The maximum Gasteiger partial charge on any atom is 0.320 e. The number of rotatable bonds is 12. The van der Waals surface area contributed by atoms with Crippen LogP contribution in [0.2, 0.25) is 11.1 Å². The zero-order valence-corrected chi connectivity index (χ0v) is 22.7. The molecular weight excluding hydrogens is 460 g/mol. The van der Waals surface area contributed by atoms with Crippen LogP contribution in [0, 0.1) is 5.92 Å². The Kier molecular flexibility index (Phi) is 10.7. The molecule has 0 spiro atoms. The smallest absolute Gasteiger partial charge is 0.320 e. The van der Waals surface area contributed by atoms with E-state index in [1.807, 2.05) is 18.2 Å². The highest BCUT2D eigenvalue weighted by molar-refractivity contribution is 7.04. The van der Waals surface area contributed by atoms with Gasteiger partial charge in [-0.2, -0.15) is 0 Å². The van der Waals surface area contributed by atoms with Crippen LogP contribution in [0.15, 0.2) is 72.5 Å². The van der Waals surface area contributed by atoms with E-state index in [-0.39, 0.29) is 18.3 Å². The van der Waals surface area contributed by atoms with Crippen molar-refractivity contribution in [2.75, 3.05) is 28.1 Å². The Morgan fingerprint density at radius 1 is 0.857 bits per heavy atom. The molecule has 0 amide bonds. The van der Waals surface area contributed by atoms with E-state index in [0.29, 0.717) is 12.2 Å². The van der Waals surface area contributed by atoms with E-state index in [1.165, 1.54) is 31.7 Å². The molecule has 0 aliphatic heterocycles. The number of esters is 2. The Morgan fingerprint density at radius 2 is 1.34 bits per heavy atom. The number of allylic oxidation sites excluding steroid dienone is 2. The number of carbonyl (C=O) groups excluding carboxylic acids is 2. The van der Waals surface area contributed by atoms with Gasteiger partial charge in [-0.05, 0) is 23.6 Å². The minimum atomic E-state index is -2.26. The number of carbonyl (C=O) groups is 2. The zero-order chi connectivity index (χ0) is 25.9. The third kappa shape index (κ3) is 7.05. The van der Waals surface area contributed by atoms with Crippen LogP contribution >= 0.6 is 0 Å². The fourth-order valence-electron chi connectivity index (χ4n) is 4.68. The highest BCUT2D eigenvalue weighted by atomic mass is 28.3. The zero-order valence-electron chi connectivity index (χ0n) is 21.7. The van der Waals surface area contributed by atoms with Crippen molar-refractivity contribution in [2.24, 2.45) is 5.92 Å². The Labute approximate surface area is 210 Å². The summed E-state index contributed by atoms with van der Waals surface area (Å²) in [5, 5.41) is 2.76. The summed E-state index contributed by atoms with van der Waals surface area (Å²) in [5.41, 5.74) is 0. The van der Waals surface area contributed by atoms with Crippen molar-refractivity contribution in [3.8, 4) is 0 Å². The van der Waals surface area contributed by atoms with Crippen LogP contribution in [0.5, 0.6) is 0 Å². The minimum absolute atomic E-state index is 0.0140. The lowest BCUT2D eigenvalue weighted by Gasteiger charge is -2.44. The summed E-state index contributed by atoms with van der Waals surface area (Å²) in [7, 11) is 1.77. The van der Waals surface area contributed by atoms with Gasteiger partial charge < -0.3 is 18.9 Å². The normalized spacial score (nSPS) is 12.4. The molecule has 0 radical (unpaired) electrons. The van der Waals surface area contributed by atoms with Gasteiger partial charge in [0, 0.05) is 13.5 Å². The van der Waals surface area contributed by atoms with Crippen LogP contribution in [0.1, 0.15) is 33.6 Å². The van der Waals surface area contributed by atoms with E-state index in [1.54, 1.807) is 0 Å². The van der Waals surface area contributed by atoms with Gasteiger partial charge in [0.2, 0.25) is 0 Å². The summed E-state index contributed by atoms with van der Waals surface area (Å²) in [5.74, 6) is -1.90. The second-order valence-corrected chi connectivity index (χ2v) is 14.4. The first-order valence-corrected chi connectivity index (χ1v) is 14.0. The molecule has 35 heavy (non-hydrogen) atoms. The Morgan fingerprint density at radius 3 is 1.74 bits per heavy atom. The average Bonchev–Trinajstić information content (AvgIpc) is 2.87. The molecule has 0 bridgehead atoms. The van der Waals surface area contributed by atoms with Gasteiger partial charge in [0.15, 0.2) is 12.7 Å². The van der Waals surface area contributed by atoms with Gasteiger partial charge in [-0.15, -0.1) is 0 Å². The van der Waals surface area contributed by atoms with Gasteiger partial charge in [0.05, 0.1) is 20.0 Å². The largest absolute Gasteiger partial charge is 0.472 e. The molecule has 0 aliphatic carbocycles. The van der Waals surface area contributed by atoms with Crippen LogP contribution in [0.3, 0.4) is 0 Å². The summed E-state index contributed by atoms with van der Waals surface area (Å²) < 4.78 is 20.5. The van der Waals surface area contributed by atoms with E-state index in [4.69, 9.17) is 18.9 Å². The topological polar surface area (TPSA) is 71.1 Å². The maximum atomic E-state index is 12.2. The van der Waals surface area contributed by atoms with Gasteiger partial charge >= 0.3 is 11.9 Å². The van der Waals surface area contributed by atoms with Crippen molar-refractivity contribution in [2.45, 2.75) is 44.7 Å². The number of ether oxygens (including phenoxy) is 4. The lowest BCUT2D eigenvalue weighted by molar-refractivity contribution is -0.159. The predicted octanol–water partition coefficient (Wildman–Crippen LogP) is 4.30. The Balaban J connectivity index is 2.46. The summed E-state index contributed by atoms with van der Waals surface area (Å²) in [6.45, 7) is 6.96. The predicted molar refractivity (Wildman–Crippen MR) is 140 cm³/mol. The first-order chi connectivity index (χ1) is 16.7. The maximum absolute atomic E-state index is 12.2. The first kappa shape index (κ1) is 28.3.